The third-order valence-electron chi connectivity index (χ3n) is 5.63. The molecule has 0 atom stereocenters. The van der Waals surface area contributed by atoms with Crippen LogP contribution in [0.1, 0.15) is 15.9 Å². The van der Waals surface area contributed by atoms with Crippen molar-refractivity contribution < 1.29 is 24.2 Å². The van der Waals surface area contributed by atoms with Crippen LogP contribution in [0.3, 0.4) is 0 Å². The van der Waals surface area contributed by atoms with Gasteiger partial charge in [0.1, 0.15) is 30.6 Å². The van der Waals surface area contributed by atoms with Crippen LogP contribution in [-0.2, 0) is 4.79 Å². The summed E-state index contributed by atoms with van der Waals surface area (Å²) < 4.78 is 13.0. The van der Waals surface area contributed by atoms with Crippen molar-refractivity contribution in [2.75, 3.05) is 18.5 Å². The summed E-state index contributed by atoms with van der Waals surface area (Å²) in [5.74, 6) is -0.472. The van der Waals surface area contributed by atoms with Crippen LogP contribution in [0, 0.1) is 11.3 Å². The average Bonchev–Trinajstić information content (AvgIpc) is 3.36. The van der Waals surface area contributed by atoms with Crippen molar-refractivity contribution in [3.63, 3.8) is 0 Å². The molecule has 4 aromatic rings. The number of nitriles is 1. The van der Waals surface area contributed by atoms with Gasteiger partial charge >= 0.3 is 5.97 Å². The summed E-state index contributed by atoms with van der Waals surface area (Å²) in [6.45, 7) is 0.913. The lowest BCUT2D eigenvalue weighted by molar-refractivity contribution is -0.112. The molecule has 0 radical (unpaired) electrons. The van der Waals surface area contributed by atoms with Gasteiger partial charge in [-0.3, -0.25) is 4.79 Å². The Labute approximate surface area is 211 Å². The fraction of sp³-hybridized carbons (Fsp3) is 0.0714. The second-order valence-corrected chi connectivity index (χ2v) is 8.08. The molecule has 0 unspecified atom stereocenters. The molecule has 37 heavy (non-hydrogen) atoms. The number of hydrogen-bond acceptors (Lipinski definition) is 6. The van der Waals surface area contributed by atoms with Crippen LogP contribution in [0.25, 0.3) is 23.0 Å². The van der Waals surface area contributed by atoms with Gasteiger partial charge in [0.25, 0.3) is 5.91 Å². The molecule has 9 nitrogen and oxygen atoms in total. The van der Waals surface area contributed by atoms with E-state index >= 15 is 0 Å². The Morgan fingerprint density at radius 3 is 2.43 bits per heavy atom. The molecule has 1 amide bonds. The molecule has 2 N–H and O–H groups in total. The molecule has 1 aliphatic rings. The number of rotatable bonds is 6. The highest BCUT2D eigenvalue weighted by atomic mass is 16.6. The monoisotopic (exact) mass is 492 g/mol. The summed E-state index contributed by atoms with van der Waals surface area (Å²) in [7, 11) is 0. The number of benzene rings is 3. The minimum atomic E-state index is -1.07. The van der Waals surface area contributed by atoms with Crippen molar-refractivity contribution >= 4 is 23.6 Å². The van der Waals surface area contributed by atoms with E-state index in [2.05, 4.69) is 5.32 Å². The van der Waals surface area contributed by atoms with Gasteiger partial charge in [0.15, 0.2) is 11.5 Å². The quantitative estimate of drug-likeness (QED) is 0.299. The number of nitrogens with zero attached hydrogens (tertiary/aromatic N) is 3. The van der Waals surface area contributed by atoms with E-state index < -0.39 is 11.9 Å². The predicted molar refractivity (Wildman–Crippen MR) is 136 cm³/mol. The van der Waals surface area contributed by atoms with E-state index in [0.717, 1.165) is 11.3 Å². The SMILES string of the molecule is N#CC(=Cc1cn(-c2ccccc2)nc1-c1ccc2c(c1)OCCO2)C(=O)Nc1ccc(C(=O)O)cc1. The fourth-order valence-electron chi connectivity index (χ4n) is 3.82. The molecular formula is C28H20N4O5. The topological polar surface area (TPSA) is 126 Å². The Morgan fingerprint density at radius 1 is 1.00 bits per heavy atom. The van der Waals surface area contributed by atoms with Gasteiger partial charge in [-0.15, -0.1) is 0 Å². The molecule has 0 saturated heterocycles. The van der Waals surface area contributed by atoms with Crippen LogP contribution >= 0.6 is 0 Å². The van der Waals surface area contributed by atoms with Crippen molar-refractivity contribution in [1.29, 1.82) is 5.26 Å². The minimum Gasteiger partial charge on any atom is -0.486 e. The van der Waals surface area contributed by atoms with Gasteiger partial charge in [-0.25, -0.2) is 9.48 Å². The number of ether oxygens (including phenoxy) is 2. The van der Waals surface area contributed by atoms with E-state index in [9.17, 15) is 14.9 Å². The number of aromatic carboxylic acids is 1. The summed E-state index contributed by atoms with van der Waals surface area (Å²) >= 11 is 0. The maximum atomic E-state index is 12.9. The molecule has 3 aromatic carbocycles. The van der Waals surface area contributed by atoms with Crippen LogP contribution in [0.5, 0.6) is 11.5 Å². The Bertz CT molecular complexity index is 1550. The molecule has 0 fully saturated rings. The number of anilines is 1. The minimum absolute atomic E-state index is 0.0893. The van der Waals surface area contributed by atoms with E-state index in [1.54, 1.807) is 16.9 Å². The summed E-state index contributed by atoms with van der Waals surface area (Å²) in [5, 5.41) is 26.2. The molecule has 5 rings (SSSR count). The van der Waals surface area contributed by atoms with Gasteiger partial charge in [-0.2, -0.15) is 10.4 Å². The lowest BCUT2D eigenvalue weighted by atomic mass is 10.0. The lowest BCUT2D eigenvalue weighted by Gasteiger charge is -2.18. The first-order valence-corrected chi connectivity index (χ1v) is 11.3. The summed E-state index contributed by atoms with van der Waals surface area (Å²) in [4.78, 5) is 24.0. The third-order valence-corrected chi connectivity index (χ3v) is 5.63. The number of carboxylic acid groups (broad SMARTS) is 1. The van der Waals surface area contributed by atoms with Crippen LogP contribution < -0.4 is 14.8 Å². The summed E-state index contributed by atoms with van der Waals surface area (Å²) in [6, 6.07) is 22.6. The normalized spacial score (nSPS) is 12.5. The number of nitrogens with one attached hydrogen (secondary N) is 1. The van der Waals surface area contributed by atoms with Gasteiger partial charge in [0.2, 0.25) is 0 Å². The van der Waals surface area contributed by atoms with Crippen molar-refractivity contribution in [3.8, 4) is 34.5 Å². The summed E-state index contributed by atoms with van der Waals surface area (Å²) in [5.41, 5.74) is 2.94. The van der Waals surface area contributed by atoms with Crippen molar-refractivity contribution in [2.45, 2.75) is 0 Å². The molecular weight excluding hydrogens is 472 g/mol. The molecule has 2 heterocycles. The van der Waals surface area contributed by atoms with Gasteiger partial charge < -0.3 is 19.9 Å². The fourth-order valence-corrected chi connectivity index (χ4v) is 3.82. The molecule has 1 aliphatic heterocycles. The van der Waals surface area contributed by atoms with Gasteiger partial charge in [0.05, 0.1) is 11.3 Å². The van der Waals surface area contributed by atoms with Gasteiger partial charge in [-0.1, -0.05) is 18.2 Å². The van der Waals surface area contributed by atoms with Crippen molar-refractivity contribution in [3.05, 3.63) is 95.7 Å². The van der Waals surface area contributed by atoms with Crippen LogP contribution in [0.4, 0.5) is 5.69 Å². The van der Waals surface area contributed by atoms with E-state index in [0.29, 0.717) is 41.7 Å². The summed E-state index contributed by atoms with van der Waals surface area (Å²) in [6.07, 6.45) is 3.22. The third kappa shape index (κ3) is 5.04. The zero-order valence-corrected chi connectivity index (χ0v) is 19.4. The average molecular weight is 492 g/mol. The van der Waals surface area contributed by atoms with Crippen molar-refractivity contribution in [1.82, 2.24) is 9.78 Å². The maximum absolute atomic E-state index is 12.9. The molecule has 0 aliphatic carbocycles. The number of carbonyl (C=O) groups excluding carboxylic acids is 1. The van der Waals surface area contributed by atoms with Crippen LogP contribution in [-0.4, -0.2) is 40.0 Å². The highest BCUT2D eigenvalue weighted by Gasteiger charge is 2.18. The number of hydrogen-bond donors (Lipinski definition) is 2. The van der Waals surface area contributed by atoms with Gasteiger partial charge in [0, 0.05) is 23.0 Å². The highest BCUT2D eigenvalue weighted by molar-refractivity contribution is 6.10. The molecule has 0 saturated carbocycles. The predicted octanol–water partition coefficient (Wildman–Crippen LogP) is 4.55. The molecule has 0 spiro atoms. The number of fused-ring (bicyclic) bond motifs is 1. The Balaban J connectivity index is 1.52. The first-order chi connectivity index (χ1) is 18.0. The largest absolute Gasteiger partial charge is 0.486 e. The van der Waals surface area contributed by atoms with E-state index in [4.69, 9.17) is 19.7 Å². The number of carboxylic acids is 1. The number of para-hydroxylation sites is 1. The van der Waals surface area contributed by atoms with Crippen LogP contribution in [0.2, 0.25) is 0 Å². The number of aromatic nitrogens is 2. The first-order valence-electron chi connectivity index (χ1n) is 11.3. The Kier molecular flexibility index (Phi) is 6.38. The smallest absolute Gasteiger partial charge is 0.335 e. The number of carbonyl (C=O) groups is 2. The molecule has 9 heteroatoms. The maximum Gasteiger partial charge on any atom is 0.335 e. The molecule has 0 bridgehead atoms. The zero-order chi connectivity index (χ0) is 25.8. The second kappa shape index (κ2) is 10.1. The second-order valence-electron chi connectivity index (χ2n) is 8.08. The van der Waals surface area contributed by atoms with E-state index in [1.807, 2.05) is 48.5 Å². The van der Waals surface area contributed by atoms with Crippen LogP contribution in [0.15, 0.2) is 84.6 Å². The number of amides is 1. The lowest BCUT2D eigenvalue weighted by Crippen LogP contribution is -2.15. The van der Waals surface area contributed by atoms with E-state index in [-0.39, 0.29) is 11.1 Å². The molecule has 182 valence electrons. The van der Waals surface area contributed by atoms with E-state index in [1.165, 1.54) is 30.3 Å². The highest BCUT2D eigenvalue weighted by Crippen LogP contribution is 2.36. The van der Waals surface area contributed by atoms with Gasteiger partial charge in [-0.05, 0) is 60.7 Å². The Morgan fingerprint density at radius 2 is 1.73 bits per heavy atom. The molecule has 1 aromatic heterocycles. The standard InChI is InChI=1S/C28H20N4O5/c29-16-20(27(33)30-22-9-6-18(7-10-22)28(34)35)14-21-17-32(23-4-2-1-3-5-23)31-26(21)19-8-11-24-25(15-19)37-13-12-36-24/h1-11,14-15,17H,12-13H2,(H,30,33)(H,34,35). The Hall–Kier alpha value is -5.36. The zero-order valence-electron chi connectivity index (χ0n) is 19.4. The van der Waals surface area contributed by atoms with Crippen molar-refractivity contribution in [2.24, 2.45) is 0 Å². The first kappa shape index (κ1) is 23.4.